The summed E-state index contributed by atoms with van der Waals surface area (Å²) in [5.41, 5.74) is 1.59. The van der Waals surface area contributed by atoms with Gasteiger partial charge in [0.1, 0.15) is 11.5 Å². The Kier molecular flexibility index (Phi) is 8.75. The van der Waals surface area contributed by atoms with Crippen LogP contribution in [0, 0.1) is 11.8 Å². The standard InChI is InChI=1S/C26H31F6NO2/c1-16(2)17-6-4-10-21(13-17)35-22-11-5-8-19(14-22)24(33-15-23(34)26(30,31)32)18-7-3-9-20(12-18)25(27,28)29/h4-6,8,10-11,13-14,16,18,20,23-24,33-34H,3,7,9,12,15H2,1-2H3. The fourth-order valence-corrected chi connectivity index (χ4v) is 4.58. The lowest BCUT2D eigenvalue weighted by molar-refractivity contribution is -0.202. The molecule has 2 N–H and O–H groups in total. The molecule has 0 saturated heterocycles. The number of nitrogens with one attached hydrogen (secondary N) is 1. The van der Waals surface area contributed by atoms with Gasteiger partial charge < -0.3 is 15.2 Å². The summed E-state index contributed by atoms with van der Waals surface area (Å²) in [5.74, 6) is -0.757. The monoisotopic (exact) mass is 503 g/mol. The van der Waals surface area contributed by atoms with Gasteiger partial charge in [0, 0.05) is 12.6 Å². The van der Waals surface area contributed by atoms with Crippen molar-refractivity contribution in [3.63, 3.8) is 0 Å². The summed E-state index contributed by atoms with van der Waals surface area (Å²) in [7, 11) is 0. The number of aliphatic hydroxyl groups excluding tert-OH is 1. The molecule has 0 aromatic heterocycles. The Labute approximate surface area is 201 Å². The second-order valence-corrected chi connectivity index (χ2v) is 9.51. The van der Waals surface area contributed by atoms with Crippen molar-refractivity contribution in [2.24, 2.45) is 11.8 Å². The van der Waals surface area contributed by atoms with E-state index in [1.165, 1.54) is 0 Å². The molecule has 3 nitrogen and oxygen atoms in total. The van der Waals surface area contributed by atoms with Crippen LogP contribution >= 0.6 is 0 Å². The molecule has 0 amide bonds. The van der Waals surface area contributed by atoms with Gasteiger partial charge in [-0.2, -0.15) is 26.3 Å². The molecule has 4 atom stereocenters. The molecule has 0 bridgehead atoms. The first-order valence-corrected chi connectivity index (χ1v) is 11.8. The van der Waals surface area contributed by atoms with Crippen LogP contribution in [-0.2, 0) is 0 Å². The number of ether oxygens (including phenoxy) is 1. The van der Waals surface area contributed by atoms with Crippen LogP contribution in [0.25, 0.3) is 0 Å². The Morgan fingerprint density at radius 1 is 0.943 bits per heavy atom. The minimum atomic E-state index is -4.83. The van der Waals surface area contributed by atoms with Crippen molar-refractivity contribution in [2.75, 3.05) is 6.54 Å². The molecule has 9 heteroatoms. The van der Waals surface area contributed by atoms with Gasteiger partial charge in [0.15, 0.2) is 6.10 Å². The number of aliphatic hydroxyl groups is 1. The van der Waals surface area contributed by atoms with Gasteiger partial charge in [-0.3, -0.25) is 0 Å². The predicted molar refractivity (Wildman–Crippen MR) is 121 cm³/mol. The van der Waals surface area contributed by atoms with Crippen LogP contribution in [0.5, 0.6) is 11.5 Å². The fourth-order valence-electron chi connectivity index (χ4n) is 4.58. The molecular formula is C26H31F6NO2. The van der Waals surface area contributed by atoms with Gasteiger partial charge in [0.25, 0.3) is 0 Å². The normalized spacial score (nSPS) is 21.1. The smallest absolute Gasteiger partial charge is 0.415 e. The van der Waals surface area contributed by atoms with E-state index in [1.54, 1.807) is 30.3 Å². The van der Waals surface area contributed by atoms with Gasteiger partial charge in [0.05, 0.1) is 5.92 Å². The Morgan fingerprint density at radius 3 is 2.11 bits per heavy atom. The van der Waals surface area contributed by atoms with Crippen LogP contribution in [0.2, 0.25) is 0 Å². The van der Waals surface area contributed by atoms with Crippen molar-refractivity contribution in [1.82, 2.24) is 5.32 Å². The zero-order valence-corrected chi connectivity index (χ0v) is 19.7. The predicted octanol–water partition coefficient (Wildman–Crippen LogP) is 7.52. The number of halogens is 6. The van der Waals surface area contributed by atoms with Crippen LogP contribution < -0.4 is 10.1 Å². The summed E-state index contributed by atoms with van der Waals surface area (Å²) in [6.45, 7) is 3.27. The molecule has 0 aliphatic heterocycles. The van der Waals surface area contributed by atoms with Crippen LogP contribution in [0.15, 0.2) is 48.5 Å². The first kappa shape index (κ1) is 27.3. The topological polar surface area (TPSA) is 41.5 Å². The third-order valence-electron chi connectivity index (χ3n) is 6.54. The molecule has 1 aliphatic carbocycles. The van der Waals surface area contributed by atoms with Crippen LogP contribution in [0.4, 0.5) is 26.3 Å². The first-order chi connectivity index (χ1) is 16.3. The lowest BCUT2D eigenvalue weighted by Gasteiger charge is -2.36. The number of benzene rings is 2. The molecule has 2 aromatic rings. The van der Waals surface area contributed by atoms with Gasteiger partial charge in [-0.1, -0.05) is 44.5 Å². The van der Waals surface area contributed by atoms with Crippen molar-refractivity contribution in [1.29, 1.82) is 0 Å². The molecule has 1 saturated carbocycles. The van der Waals surface area contributed by atoms with E-state index in [2.05, 4.69) is 5.32 Å². The summed E-state index contributed by atoms with van der Waals surface area (Å²) < 4.78 is 84.9. The third-order valence-corrected chi connectivity index (χ3v) is 6.54. The van der Waals surface area contributed by atoms with E-state index in [1.807, 2.05) is 32.0 Å². The van der Waals surface area contributed by atoms with E-state index in [9.17, 15) is 31.4 Å². The van der Waals surface area contributed by atoms with E-state index in [0.29, 0.717) is 29.9 Å². The number of hydrogen-bond acceptors (Lipinski definition) is 3. The molecule has 35 heavy (non-hydrogen) atoms. The number of alkyl halides is 6. The van der Waals surface area contributed by atoms with E-state index in [0.717, 1.165) is 5.56 Å². The fraction of sp³-hybridized carbons (Fsp3) is 0.538. The Balaban J connectivity index is 1.86. The summed E-state index contributed by atoms with van der Waals surface area (Å²) in [6.07, 6.45) is -11.2. The average molecular weight is 504 g/mol. The molecule has 3 rings (SSSR count). The molecule has 4 unspecified atom stereocenters. The molecule has 1 aliphatic rings. The van der Waals surface area contributed by atoms with Crippen molar-refractivity contribution in [3.05, 3.63) is 59.7 Å². The molecule has 0 radical (unpaired) electrons. The zero-order chi connectivity index (χ0) is 25.8. The molecular weight excluding hydrogens is 472 g/mol. The largest absolute Gasteiger partial charge is 0.457 e. The molecule has 0 heterocycles. The Morgan fingerprint density at radius 2 is 1.54 bits per heavy atom. The van der Waals surface area contributed by atoms with Gasteiger partial charge in [-0.05, 0) is 66.5 Å². The van der Waals surface area contributed by atoms with Crippen LogP contribution in [0.1, 0.15) is 62.6 Å². The Hall–Kier alpha value is -2.26. The lowest BCUT2D eigenvalue weighted by Crippen LogP contribution is -2.42. The maximum atomic E-state index is 13.4. The first-order valence-electron chi connectivity index (χ1n) is 11.8. The van der Waals surface area contributed by atoms with E-state index >= 15 is 0 Å². The van der Waals surface area contributed by atoms with Crippen molar-refractivity contribution < 1.29 is 36.2 Å². The van der Waals surface area contributed by atoms with Gasteiger partial charge >= 0.3 is 12.4 Å². The third kappa shape index (κ3) is 7.61. The highest BCUT2D eigenvalue weighted by Crippen LogP contribution is 2.44. The van der Waals surface area contributed by atoms with Crippen molar-refractivity contribution in [2.45, 2.75) is 69.9 Å². The maximum absolute atomic E-state index is 13.4. The van der Waals surface area contributed by atoms with Crippen LogP contribution in [0.3, 0.4) is 0 Å². The zero-order valence-electron chi connectivity index (χ0n) is 19.7. The molecule has 0 spiro atoms. The van der Waals surface area contributed by atoms with Gasteiger partial charge in [-0.15, -0.1) is 0 Å². The Bertz CT molecular complexity index is 959. The molecule has 1 fully saturated rings. The van der Waals surface area contributed by atoms with Crippen molar-refractivity contribution in [3.8, 4) is 11.5 Å². The second kappa shape index (κ2) is 11.2. The molecule has 2 aromatic carbocycles. The highest BCUT2D eigenvalue weighted by atomic mass is 19.4. The van der Waals surface area contributed by atoms with Gasteiger partial charge in [-0.25, -0.2) is 0 Å². The summed E-state index contributed by atoms with van der Waals surface area (Å²) in [6, 6.07) is 13.3. The minimum Gasteiger partial charge on any atom is -0.457 e. The summed E-state index contributed by atoms with van der Waals surface area (Å²) >= 11 is 0. The maximum Gasteiger partial charge on any atom is 0.415 e. The lowest BCUT2D eigenvalue weighted by atomic mass is 9.75. The van der Waals surface area contributed by atoms with E-state index < -0.39 is 42.9 Å². The van der Waals surface area contributed by atoms with Gasteiger partial charge in [0.2, 0.25) is 0 Å². The highest BCUT2D eigenvalue weighted by Gasteiger charge is 2.44. The summed E-state index contributed by atoms with van der Waals surface area (Å²) in [5, 5.41) is 12.2. The van der Waals surface area contributed by atoms with E-state index in [-0.39, 0.29) is 18.8 Å². The SMILES string of the molecule is CC(C)c1cccc(Oc2cccc(C(NCC(O)C(F)(F)F)C3CCCC(C(F)(F)F)C3)c2)c1. The quantitative estimate of drug-likeness (QED) is 0.366. The molecule has 194 valence electrons. The minimum absolute atomic E-state index is 0.00718. The van der Waals surface area contributed by atoms with Crippen molar-refractivity contribution >= 4 is 0 Å². The highest BCUT2D eigenvalue weighted by molar-refractivity contribution is 5.37. The number of rotatable bonds is 8. The van der Waals surface area contributed by atoms with Crippen LogP contribution in [-0.4, -0.2) is 30.1 Å². The second-order valence-electron chi connectivity index (χ2n) is 9.51. The average Bonchev–Trinajstić information content (AvgIpc) is 2.78. The number of hydrogen-bond donors (Lipinski definition) is 2. The summed E-state index contributed by atoms with van der Waals surface area (Å²) in [4.78, 5) is 0. The van der Waals surface area contributed by atoms with E-state index in [4.69, 9.17) is 4.74 Å².